The van der Waals surface area contributed by atoms with Crippen molar-refractivity contribution >= 4 is 21.5 Å². The van der Waals surface area contributed by atoms with Crippen LogP contribution >= 0.6 is 0 Å². The van der Waals surface area contributed by atoms with Gasteiger partial charge < -0.3 is 15.7 Å². The average Bonchev–Trinajstić information content (AvgIpc) is 2.37. The number of sulfonamides is 1. The number of ether oxygens (including phenoxy) is 1. The molecule has 0 radical (unpaired) electrons. The Hall–Kier alpha value is -1.96. The predicted molar refractivity (Wildman–Crippen MR) is 73.2 cm³/mol. The fourth-order valence-electron chi connectivity index (χ4n) is 1.48. The summed E-state index contributed by atoms with van der Waals surface area (Å²) in [5, 5.41) is 11.5. The fourth-order valence-corrected chi connectivity index (χ4v) is 2.62. The SMILES string of the molecule is CCCS(=O)(=O)Nc1ccc(/C(N)=N/O)cc1OC. The van der Waals surface area contributed by atoms with Crippen molar-refractivity contribution in [2.45, 2.75) is 13.3 Å². The summed E-state index contributed by atoms with van der Waals surface area (Å²) in [7, 11) is -1.99. The zero-order chi connectivity index (χ0) is 14.5. The maximum absolute atomic E-state index is 11.7. The molecule has 0 unspecified atom stereocenters. The molecule has 0 fully saturated rings. The lowest BCUT2D eigenvalue weighted by Gasteiger charge is -2.12. The minimum absolute atomic E-state index is 0.0259. The average molecular weight is 287 g/mol. The van der Waals surface area contributed by atoms with Crippen LogP contribution in [0, 0.1) is 0 Å². The molecule has 19 heavy (non-hydrogen) atoms. The van der Waals surface area contributed by atoms with Gasteiger partial charge in [0.25, 0.3) is 0 Å². The zero-order valence-electron chi connectivity index (χ0n) is 10.8. The maximum Gasteiger partial charge on any atom is 0.232 e. The molecule has 7 nitrogen and oxygen atoms in total. The highest BCUT2D eigenvalue weighted by molar-refractivity contribution is 7.92. The summed E-state index contributed by atoms with van der Waals surface area (Å²) in [5.41, 5.74) is 6.19. The lowest BCUT2D eigenvalue weighted by atomic mass is 10.2. The number of nitrogens with zero attached hydrogens (tertiary/aromatic N) is 1. The van der Waals surface area contributed by atoms with E-state index in [1.807, 2.05) is 0 Å². The minimum atomic E-state index is -3.40. The highest BCUT2D eigenvalue weighted by Gasteiger charge is 2.13. The maximum atomic E-state index is 11.7. The lowest BCUT2D eigenvalue weighted by Crippen LogP contribution is -2.17. The number of oxime groups is 1. The van der Waals surface area contributed by atoms with Crippen LogP contribution in [0.3, 0.4) is 0 Å². The second-order valence-corrected chi connectivity index (χ2v) is 5.66. The second kappa shape index (κ2) is 6.28. The largest absolute Gasteiger partial charge is 0.495 e. The summed E-state index contributed by atoms with van der Waals surface area (Å²) in [6.07, 6.45) is 0.514. The molecule has 4 N–H and O–H groups in total. The molecule has 0 aliphatic rings. The van der Waals surface area contributed by atoms with E-state index in [2.05, 4.69) is 9.88 Å². The molecule has 0 spiro atoms. The Labute approximate surface area is 112 Å². The molecule has 0 saturated heterocycles. The molecule has 106 valence electrons. The molecule has 1 rings (SSSR count). The Kier molecular flexibility index (Phi) is 4.99. The van der Waals surface area contributed by atoms with Crippen LogP contribution in [0.15, 0.2) is 23.4 Å². The van der Waals surface area contributed by atoms with Crippen molar-refractivity contribution in [3.05, 3.63) is 23.8 Å². The minimum Gasteiger partial charge on any atom is -0.495 e. The standard InChI is InChI=1S/C11H17N3O4S/c1-3-6-19(16,17)14-9-5-4-8(11(12)13-15)7-10(9)18-2/h4-5,7,14-15H,3,6H2,1-2H3,(H2,12,13). The summed E-state index contributed by atoms with van der Waals surface area (Å²) in [6.45, 7) is 1.78. The highest BCUT2D eigenvalue weighted by Crippen LogP contribution is 2.26. The molecule has 0 heterocycles. The van der Waals surface area contributed by atoms with Crippen LogP contribution in [0.25, 0.3) is 0 Å². The first kappa shape index (κ1) is 15.1. The van der Waals surface area contributed by atoms with E-state index in [0.717, 1.165) is 0 Å². The topological polar surface area (TPSA) is 114 Å². The molecule has 0 aromatic heterocycles. The number of methoxy groups -OCH3 is 1. The predicted octanol–water partition coefficient (Wildman–Crippen LogP) is 0.941. The van der Waals surface area contributed by atoms with Gasteiger partial charge in [-0.3, -0.25) is 4.72 Å². The van der Waals surface area contributed by atoms with E-state index >= 15 is 0 Å². The third-order valence-electron chi connectivity index (χ3n) is 2.34. The third-order valence-corrected chi connectivity index (χ3v) is 3.82. The molecule has 0 saturated carbocycles. The van der Waals surface area contributed by atoms with Gasteiger partial charge >= 0.3 is 0 Å². The van der Waals surface area contributed by atoms with Gasteiger partial charge in [-0.15, -0.1) is 0 Å². The van der Waals surface area contributed by atoms with E-state index in [1.54, 1.807) is 6.92 Å². The van der Waals surface area contributed by atoms with E-state index in [1.165, 1.54) is 25.3 Å². The first-order valence-electron chi connectivity index (χ1n) is 5.60. The van der Waals surface area contributed by atoms with Crippen LogP contribution in [0.2, 0.25) is 0 Å². The van der Waals surface area contributed by atoms with Gasteiger partial charge in [0.2, 0.25) is 10.0 Å². The Morgan fingerprint density at radius 2 is 2.21 bits per heavy atom. The normalized spacial score (nSPS) is 12.2. The molecule has 0 aliphatic heterocycles. The Morgan fingerprint density at radius 3 is 2.74 bits per heavy atom. The summed E-state index contributed by atoms with van der Waals surface area (Å²) in [6, 6.07) is 4.51. The third kappa shape index (κ3) is 4.02. The Morgan fingerprint density at radius 1 is 1.53 bits per heavy atom. The van der Waals surface area contributed by atoms with E-state index in [0.29, 0.717) is 23.4 Å². The van der Waals surface area contributed by atoms with Crippen molar-refractivity contribution in [3.63, 3.8) is 0 Å². The molecule has 0 amide bonds. The molecule has 1 aromatic rings. The van der Waals surface area contributed by atoms with E-state index < -0.39 is 10.0 Å². The summed E-state index contributed by atoms with van der Waals surface area (Å²) in [4.78, 5) is 0. The fraction of sp³-hybridized carbons (Fsp3) is 0.364. The van der Waals surface area contributed by atoms with Crippen molar-refractivity contribution in [2.75, 3.05) is 17.6 Å². The molecule has 0 aliphatic carbocycles. The van der Waals surface area contributed by atoms with Gasteiger partial charge in [0.05, 0.1) is 18.6 Å². The second-order valence-electron chi connectivity index (χ2n) is 3.82. The first-order chi connectivity index (χ1) is 8.93. The number of nitrogens with one attached hydrogen (secondary N) is 1. The van der Waals surface area contributed by atoms with Gasteiger partial charge in [0, 0.05) is 5.56 Å². The van der Waals surface area contributed by atoms with E-state index in [4.69, 9.17) is 15.7 Å². The van der Waals surface area contributed by atoms with Gasteiger partial charge in [0.15, 0.2) is 5.84 Å². The molecule has 1 aromatic carbocycles. The van der Waals surface area contributed by atoms with Crippen molar-refractivity contribution in [3.8, 4) is 5.75 Å². The van der Waals surface area contributed by atoms with Crippen molar-refractivity contribution in [1.29, 1.82) is 0 Å². The van der Waals surface area contributed by atoms with Crippen molar-refractivity contribution < 1.29 is 18.4 Å². The Balaban J connectivity index is 3.10. The zero-order valence-corrected chi connectivity index (χ0v) is 11.6. The summed E-state index contributed by atoms with van der Waals surface area (Å²) < 4.78 is 30.9. The van der Waals surface area contributed by atoms with Crippen molar-refractivity contribution in [1.82, 2.24) is 0 Å². The van der Waals surface area contributed by atoms with Gasteiger partial charge in [0.1, 0.15) is 5.75 Å². The number of nitrogens with two attached hydrogens (primary N) is 1. The van der Waals surface area contributed by atoms with Crippen LogP contribution in [0.5, 0.6) is 5.75 Å². The van der Waals surface area contributed by atoms with Crippen LogP contribution in [0.1, 0.15) is 18.9 Å². The number of rotatable bonds is 6. The number of hydrogen-bond donors (Lipinski definition) is 3. The number of hydrogen-bond acceptors (Lipinski definition) is 5. The van der Waals surface area contributed by atoms with Gasteiger partial charge in [-0.1, -0.05) is 12.1 Å². The van der Waals surface area contributed by atoms with E-state index in [-0.39, 0.29) is 11.6 Å². The van der Waals surface area contributed by atoms with Crippen LogP contribution in [0.4, 0.5) is 5.69 Å². The Bertz CT molecular complexity index is 569. The highest BCUT2D eigenvalue weighted by atomic mass is 32.2. The van der Waals surface area contributed by atoms with E-state index in [9.17, 15) is 8.42 Å². The lowest BCUT2D eigenvalue weighted by molar-refractivity contribution is 0.318. The number of anilines is 1. The van der Waals surface area contributed by atoms with Crippen LogP contribution in [-0.4, -0.2) is 32.3 Å². The number of benzene rings is 1. The quantitative estimate of drug-likeness (QED) is 0.312. The number of amidine groups is 1. The van der Waals surface area contributed by atoms with Gasteiger partial charge in [-0.05, 0) is 24.6 Å². The van der Waals surface area contributed by atoms with Gasteiger partial charge in [-0.25, -0.2) is 8.42 Å². The molecular formula is C11H17N3O4S. The molecular weight excluding hydrogens is 270 g/mol. The van der Waals surface area contributed by atoms with Crippen LogP contribution in [-0.2, 0) is 10.0 Å². The summed E-state index contributed by atoms with van der Waals surface area (Å²) in [5.74, 6) is 0.239. The smallest absolute Gasteiger partial charge is 0.232 e. The first-order valence-corrected chi connectivity index (χ1v) is 7.25. The monoisotopic (exact) mass is 287 g/mol. The van der Waals surface area contributed by atoms with Crippen molar-refractivity contribution in [2.24, 2.45) is 10.9 Å². The molecule has 0 bridgehead atoms. The summed E-state index contributed by atoms with van der Waals surface area (Å²) >= 11 is 0. The molecule has 8 heteroatoms. The van der Waals surface area contributed by atoms with Crippen LogP contribution < -0.4 is 15.2 Å². The molecule has 0 atom stereocenters. The van der Waals surface area contributed by atoms with Gasteiger partial charge in [-0.2, -0.15) is 0 Å².